The third-order valence-electron chi connectivity index (χ3n) is 4.56. The minimum Gasteiger partial charge on any atom is -0.385 e. The Hall–Kier alpha value is -1.60. The highest BCUT2D eigenvalue weighted by molar-refractivity contribution is 7.90. The Morgan fingerprint density at radius 1 is 0.964 bits per heavy atom. The monoisotopic (exact) mass is 411 g/mol. The van der Waals surface area contributed by atoms with Gasteiger partial charge in [0.2, 0.25) is 10.0 Å². The zero-order chi connectivity index (χ0) is 21.3. The largest absolute Gasteiger partial charge is 0.385 e. The number of anilines is 1. The van der Waals surface area contributed by atoms with E-state index >= 15 is 0 Å². The van der Waals surface area contributed by atoms with Crippen molar-refractivity contribution >= 4 is 21.6 Å². The number of sulfonamides is 1. The van der Waals surface area contributed by atoms with Crippen LogP contribution in [0, 0.1) is 0 Å². The van der Waals surface area contributed by atoms with Crippen LogP contribution in [-0.2, 0) is 10.0 Å². The second kappa shape index (κ2) is 11.4. The Labute approximate surface area is 171 Å². The van der Waals surface area contributed by atoms with E-state index in [2.05, 4.69) is 10.0 Å². The molecule has 1 rings (SSSR count). The van der Waals surface area contributed by atoms with Crippen molar-refractivity contribution in [2.24, 2.45) is 0 Å². The molecule has 0 unspecified atom stereocenters. The van der Waals surface area contributed by atoms with Gasteiger partial charge in [0.15, 0.2) is 0 Å². The van der Waals surface area contributed by atoms with Gasteiger partial charge in [-0.15, -0.1) is 0 Å². The molecule has 0 bridgehead atoms. The number of unbranched alkanes of at least 4 members (excludes halogenated alkanes) is 2. The van der Waals surface area contributed by atoms with E-state index in [4.69, 9.17) is 0 Å². The Balaban J connectivity index is 2.44. The van der Waals surface area contributed by atoms with Crippen molar-refractivity contribution in [2.75, 3.05) is 18.4 Å². The lowest BCUT2D eigenvalue weighted by atomic mass is 10.1. The maximum absolute atomic E-state index is 12.8. The lowest BCUT2D eigenvalue weighted by Gasteiger charge is -2.31. The molecule has 0 atom stereocenters. The Morgan fingerprint density at radius 2 is 1.57 bits per heavy atom. The summed E-state index contributed by atoms with van der Waals surface area (Å²) in [6.45, 7) is 12.7. The lowest BCUT2D eigenvalue weighted by molar-refractivity contribution is 0.0643. The van der Waals surface area contributed by atoms with Crippen molar-refractivity contribution in [3.05, 3.63) is 29.8 Å². The number of carbonyl (C=O) groups excluding carboxylic acids is 1. The smallest absolute Gasteiger partial charge is 0.254 e. The molecule has 7 heteroatoms. The second-order valence-electron chi connectivity index (χ2n) is 7.96. The summed E-state index contributed by atoms with van der Waals surface area (Å²) in [6.07, 6.45) is 2.68. The van der Waals surface area contributed by atoms with E-state index < -0.39 is 15.3 Å². The number of carbonyl (C=O) groups is 1. The Morgan fingerprint density at radius 3 is 2.14 bits per heavy atom. The molecule has 0 saturated heterocycles. The van der Waals surface area contributed by atoms with Crippen LogP contribution < -0.4 is 10.0 Å². The van der Waals surface area contributed by atoms with Gasteiger partial charge < -0.3 is 10.2 Å². The van der Waals surface area contributed by atoms with Gasteiger partial charge in [0, 0.05) is 36.4 Å². The van der Waals surface area contributed by atoms with E-state index in [1.165, 1.54) is 0 Å². The van der Waals surface area contributed by atoms with Crippen molar-refractivity contribution in [3.8, 4) is 0 Å². The third-order valence-corrected chi connectivity index (χ3v) is 6.41. The standard InChI is InChI=1S/C21H37N3O3S/c1-16(2)24(17(3)4)21(25)19-11-10-12-20(15-19)22-13-8-7-9-14-23-28(26,27)18(5)6/h10-12,15-18,22-23H,7-9,13-14H2,1-6H3. The summed E-state index contributed by atoms with van der Waals surface area (Å²) in [5.74, 6) is 0.0473. The topological polar surface area (TPSA) is 78.5 Å². The average molecular weight is 412 g/mol. The first kappa shape index (κ1) is 24.4. The van der Waals surface area contributed by atoms with Gasteiger partial charge in [-0.3, -0.25) is 4.79 Å². The van der Waals surface area contributed by atoms with E-state index in [0.29, 0.717) is 12.1 Å². The van der Waals surface area contributed by atoms with Gasteiger partial charge in [-0.05, 0) is 72.6 Å². The van der Waals surface area contributed by atoms with Crippen LogP contribution in [0.2, 0.25) is 0 Å². The second-order valence-corrected chi connectivity index (χ2v) is 10.3. The number of nitrogens with zero attached hydrogens (tertiary/aromatic N) is 1. The summed E-state index contributed by atoms with van der Waals surface area (Å²) in [4.78, 5) is 14.7. The Kier molecular flexibility index (Phi) is 9.96. The summed E-state index contributed by atoms with van der Waals surface area (Å²) >= 11 is 0. The summed E-state index contributed by atoms with van der Waals surface area (Å²) in [5.41, 5.74) is 1.62. The minimum absolute atomic E-state index is 0.0473. The summed E-state index contributed by atoms with van der Waals surface area (Å²) in [6, 6.07) is 7.91. The van der Waals surface area contributed by atoms with Crippen LogP contribution >= 0.6 is 0 Å². The minimum atomic E-state index is -3.17. The van der Waals surface area contributed by atoms with Gasteiger partial charge in [0.25, 0.3) is 5.91 Å². The molecule has 0 aliphatic heterocycles. The molecule has 0 heterocycles. The number of rotatable bonds is 12. The molecule has 0 aliphatic carbocycles. The van der Waals surface area contributed by atoms with Gasteiger partial charge in [-0.2, -0.15) is 0 Å². The van der Waals surface area contributed by atoms with Crippen LogP contribution in [-0.4, -0.2) is 49.6 Å². The number of benzene rings is 1. The van der Waals surface area contributed by atoms with Crippen LogP contribution in [0.4, 0.5) is 5.69 Å². The summed E-state index contributed by atoms with van der Waals surface area (Å²) in [7, 11) is -3.17. The van der Waals surface area contributed by atoms with E-state index in [9.17, 15) is 13.2 Å². The molecule has 0 radical (unpaired) electrons. The van der Waals surface area contributed by atoms with Crippen molar-refractivity contribution in [2.45, 2.75) is 78.1 Å². The van der Waals surface area contributed by atoms with Crippen LogP contribution in [0.3, 0.4) is 0 Å². The predicted octanol–water partition coefficient (Wildman–Crippen LogP) is 3.86. The zero-order valence-corrected chi connectivity index (χ0v) is 19.0. The fourth-order valence-corrected chi connectivity index (χ4v) is 3.78. The molecule has 0 saturated carbocycles. The number of amides is 1. The maximum atomic E-state index is 12.8. The molecular formula is C21H37N3O3S. The van der Waals surface area contributed by atoms with Crippen molar-refractivity contribution in [1.29, 1.82) is 0 Å². The predicted molar refractivity (Wildman–Crippen MR) is 117 cm³/mol. The highest BCUT2D eigenvalue weighted by Crippen LogP contribution is 2.16. The van der Waals surface area contributed by atoms with Gasteiger partial charge >= 0.3 is 0 Å². The quantitative estimate of drug-likeness (QED) is 0.512. The van der Waals surface area contributed by atoms with Crippen molar-refractivity contribution < 1.29 is 13.2 Å². The number of nitrogens with one attached hydrogen (secondary N) is 2. The highest BCUT2D eigenvalue weighted by atomic mass is 32.2. The molecule has 28 heavy (non-hydrogen) atoms. The molecule has 6 nitrogen and oxygen atoms in total. The fourth-order valence-electron chi connectivity index (χ4n) is 3.02. The SMILES string of the molecule is CC(C)N(C(=O)c1cccc(NCCCCCNS(=O)(=O)C(C)C)c1)C(C)C. The summed E-state index contributed by atoms with van der Waals surface area (Å²) in [5, 5.41) is 2.96. The highest BCUT2D eigenvalue weighted by Gasteiger charge is 2.21. The normalized spacial score (nSPS) is 12.0. The summed E-state index contributed by atoms with van der Waals surface area (Å²) < 4.78 is 26.0. The van der Waals surface area contributed by atoms with Gasteiger partial charge in [-0.25, -0.2) is 13.1 Å². The molecule has 1 aromatic carbocycles. The molecule has 1 amide bonds. The van der Waals surface area contributed by atoms with Gasteiger partial charge in [-0.1, -0.05) is 12.5 Å². The molecule has 160 valence electrons. The zero-order valence-electron chi connectivity index (χ0n) is 18.2. The molecular weight excluding hydrogens is 374 g/mol. The van der Waals surface area contributed by atoms with Crippen LogP contribution in [0.5, 0.6) is 0 Å². The van der Waals surface area contributed by atoms with Gasteiger partial charge in [0.1, 0.15) is 0 Å². The number of hydrogen-bond acceptors (Lipinski definition) is 4. The van der Waals surface area contributed by atoms with Crippen molar-refractivity contribution in [1.82, 2.24) is 9.62 Å². The first-order chi connectivity index (χ1) is 13.1. The van der Waals surface area contributed by atoms with Crippen LogP contribution in [0.15, 0.2) is 24.3 Å². The lowest BCUT2D eigenvalue weighted by Crippen LogP contribution is -2.42. The molecule has 0 fully saturated rings. The van der Waals surface area contributed by atoms with E-state index in [1.54, 1.807) is 13.8 Å². The molecule has 0 aromatic heterocycles. The first-order valence-corrected chi connectivity index (χ1v) is 11.8. The Bertz CT molecular complexity index is 707. The van der Waals surface area contributed by atoms with Crippen molar-refractivity contribution in [3.63, 3.8) is 0 Å². The van der Waals surface area contributed by atoms with Crippen LogP contribution in [0.1, 0.15) is 71.2 Å². The van der Waals surface area contributed by atoms with Gasteiger partial charge in [0.05, 0.1) is 5.25 Å². The van der Waals surface area contributed by atoms with Crippen LogP contribution in [0.25, 0.3) is 0 Å². The van der Waals surface area contributed by atoms with E-state index in [0.717, 1.165) is 31.5 Å². The maximum Gasteiger partial charge on any atom is 0.254 e. The number of hydrogen-bond donors (Lipinski definition) is 2. The molecule has 2 N–H and O–H groups in total. The van der Waals surface area contributed by atoms with E-state index in [-0.39, 0.29) is 18.0 Å². The van der Waals surface area contributed by atoms with E-state index in [1.807, 2.05) is 56.9 Å². The molecule has 0 aliphatic rings. The third kappa shape index (κ3) is 7.80. The molecule has 1 aromatic rings. The fraction of sp³-hybridized carbons (Fsp3) is 0.667. The first-order valence-electron chi connectivity index (χ1n) is 10.2. The average Bonchev–Trinajstić information content (AvgIpc) is 2.60. The molecule has 0 spiro atoms.